The molecule has 0 N–H and O–H groups in total. The first-order valence-corrected chi connectivity index (χ1v) is 8.75. The summed E-state index contributed by atoms with van der Waals surface area (Å²) < 4.78 is 11.9. The van der Waals surface area contributed by atoms with Gasteiger partial charge < -0.3 is 9.47 Å². The number of nitriles is 1. The zero-order valence-electron chi connectivity index (χ0n) is 14.4. The van der Waals surface area contributed by atoms with Crippen LogP contribution in [0.5, 0.6) is 11.5 Å². The van der Waals surface area contributed by atoms with E-state index in [0.717, 1.165) is 0 Å². The Balaban J connectivity index is 2.50. The van der Waals surface area contributed by atoms with E-state index in [1.54, 1.807) is 24.3 Å². The second-order valence-electron chi connectivity index (χ2n) is 5.17. The average molecular weight is 417 g/mol. The Bertz CT molecular complexity index is 888. The largest absolute Gasteiger partial charge is 0.490 e. The number of benzene rings is 2. The van der Waals surface area contributed by atoms with E-state index < -0.39 is 4.92 Å². The molecule has 0 aromatic heterocycles. The highest BCUT2D eigenvalue weighted by Gasteiger charge is 2.13. The Morgan fingerprint density at radius 1 is 1.27 bits per heavy atom. The van der Waals surface area contributed by atoms with Gasteiger partial charge in [0, 0.05) is 12.1 Å². The summed E-state index contributed by atoms with van der Waals surface area (Å²) in [5, 5.41) is 20.4. The van der Waals surface area contributed by atoms with Crippen LogP contribution in [-0.2, 0) is 0 Å². The van der Waals surface area contributed by atoms with E-state index in [2.05, 4.69) is 22.0 Å². The minimum absolute atomic E-state index is 0.0634. The molecule has 0 unspecified atom stereocenters. The topological polar surface area (TPSA) is 85.4 Å². The van der Waals surface area contributed by atoms with Crippen molar-refractivity contribution in [2.24, 2.45) is 0 Å². The highest BCUT2D eigenvalue weighted by atomic mass is 79.9. The number of rotatable bonds is 7. The van der Waals surface area contributed by atoms with E-state index in [1.165, 1.54) is 12.1 Å². The molecule has 0 saturated carbocycles. The van der Waals surface area contributed by atoms with Gasteiger partial charge in [-0.25, -0.2) is 0 Å². The Morgan fingerprint density at radius 2 is 2.00 bits per heavy atom. The highest BCUT2D eigenvalue weighted by molar-refractivity contribution is 9.10. The number of hydrogen-bond acceptors (Lipinski definition) is 5. The van der Waals surface area contributed by atoms with Crippen LogP contribution in [0, 0.1) is 21.4 Å². The third kappa shape index (κ3) is 4.61. The maximum absolute atomic E-state index is 10.9. The monoisotopic (exact) mass is 416 g/mol. The molecule has 2 aromatic carbocycles. The molecule has 0 aliphatic carbocycles. The SMILES string of the molecule is CCOc1cc(/C=C(/C#N)c2cccc([N+](=O)[O-])c2)cc(Br)c1OCC. The van der Waals surface area contributed by atoms with Crippen molar-refractivity contribution in [2.45, 2.75) is 13.8 Å². The van der Waals surface area contributed by atoms with Gasteiger partial charge in [-0.15, -0.1) is 0 Å². The van der Waals surface area contributed by atoms with Crippen LogP contribution in [0.15, 0.2) is 40.9 Å². The van der Waals surface area contributed by atoms with Crippen molar-refractivity contribution in [3.05, 3.63) is 62.1 Å². The first-order valence-electron chi connectivity index (χ1n) is 7.95. The van der Waals surface area contributed by atoms with Gasteiger partial charge in [-0.2, -0.15) is 5.26 Å². The summed E-state index contributed by atoms with van der Waals surface area (Å²) in [6, 6.07) is 11.7. The van der Waals surface area contributed by atoms with Gasteiger partial charge in [0.15, 0.2) is 11.5 Å². The summed E-state index contributed by atoms with van der Waals surface area (Å²) in [5.41, 5.74) is 1.44. The first-order chi connectivity index (χ1) is 12.5. The molecule has 26 heavy (non-hydrogen) atoms. The van der Waals surface area contributed by atoms with Crippen LogP contribution in [0.2, 0.25) is 0 Å². The van der Waals surface area contributed by atoms with Gasteiger partial charge in [0.05, 0.1) is 34.3 Å². The standard InChI is InChI=1S/C19H17BrN2O4/c1-3-25-18-10-13(9-17(20)19(18)26-4-2)8-15(12-21)14-6-5-7-16(11-14)22(23)24/h5-11H,3-4H2,1-2H3/b15-8-. The summed E-state index contributed by atoms with van der Waals surface area (Å²) >= 11 is 3.46. The third-order valence-electron chi connectivity index (χ3n) is 3.42. The molecule has 0 saturated heterocycles. The van der Waals surface area contributed by atoms with Crippen molar-refractivity contribution in [1.29, 1.82) is 5.26 Å². The molecule has 0 radical (unpaired) electrons. The number of halogens is 1. The molecule has 0 amide bonds. The molecule has 0 atom stereocenters. The van der Waals surface area contributed by atoms with Crippen LogP contribution in [0.4, 0.5) is 5.69 Å². The zero-order chi connectivity index (χ0) is 19.1. The fraction of sp³-hybridized carbons (Fsp3) is 0.211. The van der Waals surface area contributed by atoms with Crippen LogP contribution >= 0.6 is 15.9 Å². The average Bonchev–Trinajstić information content (AvgIpc) is 2.63. The number of nitro benzene ring substituents is 1. The Morgan fingerprint density at radius 3 is 2.62 bits per heavy atom. The van der Waals surface area contributed by atoms with E-state index in [4.69, 9.17) is 9.47 Å². The molecule has 134 valence electrons. The normalized spacial score (nSPS) is 10.9. The van der Waals surface area contributed by atoms with Crippen molar-refractivity contribution >= 4 is 33.3 Å². The van der Waals surface area contributed by atoms with Gasteiger partial charge in [-0.1, -0.05) is 12.1 Å². The number of nitro groups is 1. The molecule has 6 nitrogen and oxygen atoms in total. The van der Waals surface area contributed by atoms with Gasteiger partial charge in [0.25, 0.3) is 5.69 Å². The molecule has 0 spiro atoms. The number of hydrogen-bond donors (Lipinski definition) is 0. The lowest BCUT2D eigenvalue weighted by Crippen LogP contribution is -1.99. The van der Waals surface area contributed by atoms with Crippen LogP contribution < -0.4 is 9.47 Å². The maximum atomic E-state index is 10.9. The third-order valence-corrected chi connectivity index (χ3v) is 4.01. The van der Waals surface area contributed by atoms with Gasteiger partial charge in [-0.3, -0.25) is 10.1 Å². The Hall–Kier alpha value is -2.85. The lowest BCUT2D eigenvalue weighted by atomic mass is 10.0. The van der Waals surface area contributed by atoms with Gasteiger partial charge in [-0.05, 0) is 59.1 Å². The Kier molecular flexibility index (Phi) is 6.75. The van der Waals surface area contributed by atoms with Crippen LogP contribution in [0.25, 0.3) is 11.6 Å². The van der Waals surface area contributed by atoms with Crippen molar-refractivity contribution in [1.82, 2.24) is 0 Å². The molecular weight excluding hydrogens is 400 g/mol. The maximum Gasteiger partial charge on any atom is 0.270 e. The Labute approximate surface area is 159 Å². The molecule has 2 aromatic rings. The van der Waals surface area contributed by atoms with E-state index in [-0.39, 0.29) is 5.69 Å². The van der Waals surface area contributed by atoms with E-state index in [1.807, 2.05) is 19.9 Å². The van der Waals surface area contributed by atoms with Crippen molar-refractivity contribution in [3.63, 3.8) is 0 Å². The minimum atomic E-state index is -0.487. The van der Waals surface area contributed by atoms with Crippen LogP contribution in [0.3, 0.4) is 0 Å². The summed E-state index contributed by atoms with van der Waals surface area (Å²) in [7, 11) is 0. The first kappa shape index (κ1) is 19.5. The number of ether oxygens (including phenoxy) is 2. The van der Waals surface area contributed by atoms with Gasteiger partial charge >= 0.3 is 0 Å². The minimum Gasteiger partial charge on any atom is -0.490 e. The second-order valence-corrected chi connectivity index (χ2v) is 6.03. The fourth-order valence-corrected chi connectivity index (χ4v) is 2.93. The van der Waals surface area contributed by atoms with Crippen molar-refractivity contribution in [3.8, 4) is 17.6 Å². The van der Waals surface area contributed by atoms with Crippen molar-refractivity contribution in [2.75, 3.05) is 13.2 Å². The molecule has 0 bridgehead atoms. The fourth-order valence-electron chi connectivity index (χ4n) is 2.35. The predicted octanol–water partition coefficient (Wildman–Crippen LogP) is 5.22. The molecule has 0 aliphatic rings. The van der Waals surface area contributed by atoms with E-state index >= 15 is 0 Å². The zero-order valence-corrected chi connectivity index (χ0v) is 15.9. The van der Waals surface area contributed by atoms with Gasteiger partial charge in [0.2, 0.25) is 0 Å². The lowest BCUT2D eigenvalue weighted by Gasteiger charge is -2.13. The van der Waals surface area contributed by atoms with Gasteiger partial charge in [0.1, 0.15) is 0 Å². The lowest BCUT2D eigenvalue weighted by molar-refractivity contribution is -0.384. The number of nitrogens with zero attached hydrogens (tertiary/aromatic N) is 2. The molecule has 0 heterocycles. The second kappa shape index (κ2) is 9.02. The predicted molar refractivity (Wildman–Crippen MR) is 103 cm³/mol. The molecule has 7 heteroatoms. The summed E-state index contributed by atoms with van der Waals surface area (Å²) in [5.74, 6) is 1.16. The molecule has 2 rings (SSSR count). The summed E-state index contributed by atoms with van der Waals surface area (Å²) in [4.78, 5) is 10.5. The van der Waals surface area contributed by atoms with E-state index in [9.17, 15) is 15.4 Å². The summed E-state index contributed by atoms with van der Waals surface area (Å²) in [6.45, 7) is 4.71. The quantitative estimate of drug-likeness (QED) is 0.267. The molecule has 0 aliphatic heterocycles. The van der Waals surface area contributed by atoms with Crippen LogP contribution in [0.1, 0.15) is 25.0 Å². The van der Waals surface area contributed by atoms with Crippen LogP contribution in [-0.4, -0.2) is 18.1 Å². The molecular formula is C19H17BrN2O4. The molecule has 0 fully saturated rings. The van der Waals surface area contributed by atoms with E-state index in [0.29, 0.717) is 45.9 Å². The number of allylic oxidation sites excluding steroid dienone is 1. The highest BCUT2D eigenvalue weighted by Crippen LogP contribution is 2.38. The smallest absolute Gasteiger partial charge is 0.270 e. The van der Waals surface area contributed by atoms with Crippen molar-refractivity contribution < 1.29 is 14.4 Å². The summed E-state index contributed by atoms with van der Waals surface area (Å²) in [6.07, 6.45) is 1.65. The number of non-ortho nitro benzene ring substituents is 1.